The van der Waals surface area contributed by atoms with Crippen LogP contribution >= 0.6 is 0 Å². The molecular weight excluding hydrogens is 354 g/mol. The van der Waals surface area contributed by atoms with Gasteiger partial charge in [0.05, 0.1) is 18.9 Å². The number of nitrogens with one attached hydrogen (secondary N) is 1. The molecule has 0 spiro atoms. The first-order valence-electron chi connectivity index (χ1n) is 9.48. The van der Waals surface area contributed by atoms with E-state index < -0.39 is 0 Å². The van der Waals surface area contributed by atoms with E-state index in [-0.39, 0.29) is 5.91 Å². The predicted octanol–water partition coefficient (Wildman–Crippen LogP) is 2.00. The minimum atomic E-state index is -0.214. The van der Waals surface area contributed by atoms with Gasteiger partial charge < -0.3 is 10.1 Å². The molecule has 0 saturated carbocycles. The third kappa shape index (κ3) is 4.11. The first kappa shape index (κ1) is 18.3. The normalized spacial score (nSPS) is 14.7. The minimum Gasteiger partial charge on any atom is -0.379 e. The van der Waals surface area contributed by atoms with E-state index in [1.165, 1.54) is 0 Å². The summed E-state index contributed by atoms with van der Waals surface area (Å²) in [5.41, 5.74) is 2.78. The first-order valence-corrected chi connectivity index (χ1v) is 9.48. The molecule has 0 unspecified atom stereocenters. The highest BCUT2D eigenvalue weighted by Gasteiger charge is 2.22. The van der Waals surface area contributed by atoms with Crippen LogP contribution < -0.4 is 5.32 Å². The molecule has 1 N–H and O–H groups in total. The molecular formula is C21H23N5O2. The molecule has 144 valence electrons. The summed E-state index contributed by atoms with van der Waals surface area (Å²) in [5, 5.41) is 11.4. The Bertz CT molecular complexity index is 905. The van der Waals surface area contributed by atoms with Crippen molar-refractivity contribution in [2.75, 3.05) is 39.4 Å². The zero-order valence-electron chi connectivity index (χ0n) is 15.6. The van der Waals surface area contributed by atoms with Crippen LogP contribution in [0.2, 0.25) is 0 Å². The minimum absolute atomic E-state index is 0.214. The molecule has 1 aliphatic heterocycles. The van der Waals surface area contributed by atoms with Crippen LogP contribution in [0.25, 0.3) is 16.9 Å². The maximum atomic E-state index is 12.9. The third-order valence-electron chi connectivity index (χ3n) is 4.75. The Morgan fingerprint density at radius 2 is 1.68 bits per heavy atom. The summed E-state index contributed by atoms with van der Waals surface area (Å²) in [7, 11) is 0. The van der Waals surface area contributed by atoms with Crippen LogP contribution in [0.4, 0.5) is 0 Å². The van der Waals surface area contributed by atoms with Gasteiger partial charge in [0.1, 0.15) is 5.69 Å². The Hall–Kier alpha value is -3.03. The average Bonchev–Trinajstić information content (AvgIpc) is 3.21. The van der Waals surface area contributed by atoms with Crippen molar-refractivity contribution in [1.82, 2.24) is 25.2 Å². The summed E-state index contributed by atoms with van der Waals surface area (Å²) in [6.45, 7) is 4.65. The van der Waals surface area contributed by atoms with E-state index in [0.29, 0.717) is 17.9 Å². The molecule has 2 aromatic carbocycles. The zero-order chi connectivity index (χ0) is 19.2. The number of amides is 1. The molecule has 2 heterocycles. The van der Waals surface area contributed by atoms with Crippen LogP contribution in [-0.2, 0) is 4.74 Å². The van der Waals surface area contributed by atoms with Crippen molar-refractivity contribution in [3.05, 3.63) is 66.4 Å². The van der Waals surface area contributed by atoms with Gasteiger partial charge >= 0.3 is 0 Å². The predicted molar refractivity (Wildman–Crippen MR) is 106 cm³/mol. The van der Waals surface area contributed by atoms with E-state index >= 15 is 0 Å². The Balaban J connectivity index is 1.56. The summed E-state index contributed by atoms with van der Waals surface area (Å²) in [6.07, 6.45) is 0. The van der Waals surface area contributed by atoms with Gasteiger partial charge in [0, 0.05) is 31.7 Å². The van der Waals surface area contributed by atoms with Crippen molar-refractivity contribution in [2.24, 2.45) is 0 Å². The maximum Gasteiger partial charge on any atom is 0.274 e. The topological polar surface area (TPSA) is 72.3 Å². The van der Waals surface area contributed by atoms with Gasteiger partial charge in [-0.1, -0.05) is 53.7 Å². The second-order valence-electron chi connectivity index (χ2n) is 6.61. The number of morpholine rings is 1. The van der Waals surface area contributed by atoms with Crippen LogP contribution in [0.3, 0.4) is 0 Å². The fourth-order valence-corrected chi connectivity index (χ4v) is 3.28. The standard InChI is InChI=1S/C21H23N5O2/c27-21(22-11-12-25-13-15-28-16-14-25)19-20(17-7-3-1-4-8-17)26(24-23-19)18-9-5-2-6-10-18/h1-10H,11-16H2,(H,22,27). The molecule has 7 nitrogen and oxygen atoms in total. The summed E-state index contributed by atoms with van der Waals surface area (Å²) in [6, 6.07) is 19.5. The van der Waals surface area contributed by atoms with Gasteiger partial charge in [-0.3, -0.25) is 9.69 Å². The van der Waals surface area contributed by atoms with E-state index in [1.807, 2.05) is 60.7 Å². The number of carbonyl (C=O) groups is 1. The van der Waals surface area contributed by atoms with Crippen LogP contribution in [0.1, 0.15) is 10.5 Å². The van der Waals surface area contributed by atoms with E-state index in [1.54, 1.807) is 4.68 Å². The van der Waals surface area contributed by atoms with Crippen LogP contribution in [-0.4, -0.2) is 65.2 Å². The molecule has 1 aromatic heterocycles. The smallest absolute Gasteiger partial charge is 0.274 e. The lowest BCUT2D eigenvalue weighted by atomic mass is 10.1. The Morgan fingerprint density at radius 3 is 2.39 bits per heavy atom. The number of ether oxygens (including phenoxy) is 1. The van der Waals surface area contributed by atoms with Crippen molar-refractivity contribution in [2.45, 2.75) is 0 Å². The van der Waals surface area contributed by atoms with Gasteiger partial charge in [0.25, 0.3) is 5.91 Å². The summed E-state index contributed by atoms with van der Waals surface area (Å²) < 4.78 is 7.07. The summed E-state index contributed by atoms with van der Waals surface area (Å²) in [4.78, 5) is 15.1. The number of rotatable bonds is 6. The molecule has 28 heavy (non-hydrogen) atoms. The quantitative estimate of drug-likeness (QED) is 0.711. The second kappa shape index (κ2) is 8.77. The number of hydrogen-bond donors (Lipinski definition) is 1. The molecule has 0 aliphatic carbocycles. The van der Waals surface area contributed by atoms with Gasteiger partial charge in [-0.05, 0) is 12.1 Å². The van der Waals surface area contributed by atoms with Crippen molar-refractivity contribution < 1.29 is 9.53 Å². The molecule has 1 amide bonds. The van der Waals surface area contributed by atoms with Crippen molar-refractivity contribution in [3.63, 3.8) is 0 Å². The lowest BCUT2D eigenvalue weighted by Gasteiger charge is -2.26. The van der Waals surface area contributed by atoms with E-state index in [2.05, 4.69) is 20.5 Å². The maximum absolute atomic E-state index is 12.9. The van der Waals surface area contributed by atoms with E-state index in [4.69, 9.17) is 4.74 Å². The molecule has 0 atom stereocenters. The van der Waals surface area contributed by atoms with E-state index in [0.717, 1.165) is 44.1 Å². The summed E-state index contributed by atoms with van der Waals surface area (Å²) >= 11 is 0. The molecule has 0 radical (unpaired) electrons. The monoisotopic (exact) mass is 377 g/mol. The summed E-state index contributed by atoms with van der Waals surface area (Å²) in [5.74, 6) is -0.214. The Labute approximate surface area is 163 Å². The lowest BCUT2D eigenvalue weighted by molar-refractivity contribution is 0.0383. The molecule has 3 aromatic rings. The average molecular weight is 377 g/mol. The number of carbonyl (C=O) groups excluding carboxylic acids is 1. The fraction of sp³-hybridized carbons (Fsp3) is 0.286. The highest BCUT2D eigenvalue weighted by atomic mass is 16.5. The zero-order valence-corrected chi connectivity index (χ0v) is 15.6. The lowest BCUT2D eigenvalue weighted by Crippen LogP contribution is -2.41. The number of benzene rings is 2. The highest BCUT2D eigenvalue weighted by Crippen LogP contribution is 2.25. The number of hydrogen-bond acceptors (Lipinski definition) is 5. The molecule has 1 fully saturated rings. The van der Waals surface area contributed by atoms with Gasteiger partial charge in [-0.15, -0.1) is 5.10 Å². The van der Waals surface area contributed by atoms with Crippen molar-refractivity contribution in [1.29, 1.82) is 0 Å². The number of nitrogens with zero attached hydrogens (tertiary/aromatic N) is 4. The van der Waals surface area contributed by atoms with Crippen LogP contribution in [0.15, 0.2) is 60.7 Å². The van der Waals surface area contributed by atoms with Gasteiger partial charge in [0.2, 0.25) is 0 Å². The number of para-hydroxylation sites is 1. The molecule has 1 saturated heterocycles. The molecule has 7 heteroatoms. The SMILES string of the molecule is O=C(NCCN1CCOCC1)c1nnn(-c2ccccc2)c1-c1ccccc1. The van der Waals surface area contributed by atoms with E-state index in [9.17, 15) is 4.79 Å². The highest BCUT2D eigenvalue weighted by molar-refractivity contribution is 5.98. The van der Waals surface area contributed by atoms with Crippen LogP contribution in [0, 0.1) is 0 Å². The third-order valence-corrected chi connectivity index (χ3v) is 4.75. The van der Waals surface area contributed by atoms with Crippen LogP contribution in [0.5, 0.6) is 0 Å². The van der Waals surface area contributed by atoms with Crippen molar-refractivity contribution in [3.8, 4) is 16.9 Å². The Morgan fingerprint density at radius 1 is 1.00 bits per heavy atom. The second-order valence-corrected chi connectivity index (χ2v) is 6.61. The Kier molecular flexibility index (Phi) is 5.75. The molecule has 0 bridgehead atoms. The molecule has 1 aliphatic rings. The van der Waals surface area contributed by atoms with Gasteiger partial charge in [0.15, 0.2) is 5.69 Å². The first-order chi connectivity index (χ1) is 13.8. The van der Waals surface area contributed by atoms with Gasteiger partial charge in [-0.25, -0.2) is 4.68 Å². The largest absolute Gasteiger partial charge is 0.379 e. The molecule has 4 rings (SSSR count). The van der Waals surface area contributed by atoms with Gasteiger partial charge in [-0.2, -0.15) is 0 Å². The number of aromatic nitrogens is 3. The fourth-order valence-electron chi connectivity index (χ4n) is 3.28. The van der Waals surface area contributed by atoms with Crippen molar-refractivity contribution >= 4 is 5.91 Å².